The van der Waals surface area contributed by atoms with E-state index in [4.69, 9.17) is 14.2 Å². The molecule has 18 heavy (non-hydrogen) atoms. The summed E-state index contributed by atoms with van der Waals surface area (Å²) in [6, 6.07) is 3.90. The van der Waals surface area contributed by atoms with Crippen LogP contribution in [0.3, 0.4) is 0 Å². The van der Waals surface area contributed by atoms with Crippen LogP contribution in [0.2, 0.25) is 0 Å². The molecule has 3 nitrogen and oxygen atoms in total. The number of hydrogen-bond donors (Lipinski definition) is 0. The lowest BCUT2D eigenvalue weighted by Gasteiger charge is -2.16. The van der Waals surface area contributed by atoms with Crippen molar-refractivity contribution >= 4 is 31.9 Å². The number of rotatable bonds is 5. The molecule has 0 fully saturated rings. The molecule has 0 saturated carbocycles. The number of ether oxygens (including phenoxy) is 3. The minimum absolute atomic E-state index is 0.215. The van der Waals surface area contributed by atoms with Crippen LogP contribution in [0, 0.1) is 0 Å². The second kappa shape index (κ2) is 7.04. The van der Waals surface area contributed by atoms with Crippen LogP contribution in [-0.4, -0.2) is 21.3 Å². The lowest BCUT2D eigenvalue weighted by atomic mass is 10.0. The fourth-order valence-corrected chi connectivity index (χ4v) is 2.44. The van der Waals surface area contributed by atoms with Crippen molar-refractivity contribution in [2.45, 2.75) is 12.8 Å². The van der Waals surface area contributed by atoms with E-state index in [-0.39, 0.29) is 5.92 Å². The maximum absolute atomic E-state index is 5.33. The molecule has 0 spiro atoms. The van der Waals surface area contributed by atoms with Gasteiger partial charge in [0.25, 0.3) is 0 Å². The van der Waals surface area contributed by atoms with Crippen LogP contribution >= 0.6 is 31.9 Å². The Morgan fingerprint density at radius 2 is 1.56 bits per heavy atom. The quantitative estimate of drug-likeness (QED) is 0.756. The largest absolute Gasteiger partial charge is 0.493 e. The Bertz CT molecular complexity index is 415. The summed E-state index contributed by atoms with van der Waals surface area (Å²) in [5.74, 6) is 2.15. The Kier molecular flexibility index (Phi) is 6.02. The molecule has 1 rings (SSSR count). The summed E-state index contributed by atoms with van der Waals surface area (Å²) in [7, 11) is 4.82. The second-order valence-corrected chi connectivity index (χ2v) is 6.48. The van der Waals surface area contributed by atoms with Gasteiger partial charge < -0.3 is 14.2 Å². The third-order valence-electron chi connectivity index (χ3n) is 2.59. The Morgan fingerprint density at radius 1 is 1.06 bits per heavy atom. The van der Waals surface area contributed by atoms with Crippen molar-refractivity contribution in [2.24, 2.45) is 0 Å². The van der Waals surface area contributed by atoms with E-state index in [2.05, 4.69) is 38.8 Å². The number of benzene rings is 1. The molecular formula is C13H16Br2O3. The number of methoxy groups -OCH3 is 3. The van der Waals surface area contributed by atoms with Crippen LogP contribution in [0.25, 0.3) is 0 Å². The van der Waals surface area contributed by atoms with Crippen LogP contribution < -0.4 is 14.2 Å². The third kappa shape index (κ3) is 3.65. The van der Waals surface area contributed by atoms with Crippen molar-refractivity contribution in [3.05, 3.63) is 27.2 Å². The topological polar surface area (TPSA) is 27.7 Å². The molecule has 100 valence electrons. The molecule has 1 atom stereocenters. The first kappa shape index (κ1) is 15.4. The fraction of sp³-hybridized carbons (Fsp3) is 0.385. The standard InChI is InChI=1S/C13H16Br2O3/c1-8(5-12(14)15)9-6-10(16-2)13(18-4)11(7-9)17-3/h5-8H,1-4H3/t8-/m0/s1. The van der Waals surface area contributed by atoms with Gasteiger partial charge in [-0.1, -0.05) is 13.0 Å². The first-order valence-electron chi connectivity index (χ1n) is 5.36. The van der Waals surface area contributed by atoms with Crippen molar-refractivity contribution in [1.29, 1.82) is 0 Å². The SMILES string of the molecule is COc1cc([C@@H](C)C=C(Br)Br)cc(OC)c1OC. The highest BCUT2D eigenvalue weighted by molar-refractivity contribution is 9.28. The first-order chi connectivity index (χ1) is 8.53. The number of halogens is 2. The van der Waals surface area contributed by atoms with Crippen molar-refractivity contribution in [2.75, 3.05) is 21.3 Å². The predicted molar refractivity (Wildman–Crippen MR) is 80.5 cm³/mol. The summed E-state index contributed by atoms with van der Waals surface area (Å²) >= 11 is 6.72. The molecule has 0 aliphatic carbocycles. The van der Waals surface area contributed by atoms with Crippen molar-refractivity contribution in [1.82, 2.24) is 0 Å². The van der Waals surface area contributed by atoms with E-state index in [1.807, 2.05) is 18.2 Å². The van der Waals surface area contributed by atoms with Crippen LogP contribution in [0.4, 0.5) is 0 Å². The van der Waals surface area contributed by atoms with Gasteiger partial charge in [-0.25, -0.2) is 0 Å². The van der Waals surface area contributed by atoms with Crippen LogP contribution in [0.15, 0.2) is 21.6 Å². The molecule has 0 bridgehead atoms. The molecule has 0 aliphatic rings. The molecule has 0 saturated heterocycles. The molecule has 0 radical (unpaired) electrons. The van der Waals surface area contributed by atoms with Gasteiger partial charge in [0, 0.05) is 5.92 Å². The third-order valence-corrected chi connectivity index (χ3v) is 3.12. The van der Waals surface area contributed by atoms with E-state index in [1.54, 1.807) is 21.3 Å². The van der Waals surface area contributed by atoms with E-state index < -0.39 is 0 Å². The zero-order valence-corrected chi connectivity index (χ0v) is 14.0. The normalized spacial score (nSPS) is 11.7. The van der Waals surface area contributed by atoms with E-state index >= 15 is 0 Å². The monoisotopic (exact) mass is 378 g/mol. The molecule has 0 aliphatic heterocycles. The molecule has 0 aromatic heterocycles. The average Bonchev–Trinajstić information content (AvgIpc) is 2.35. The van der Waals surface area contributed by atoms with Gasteiger partial charge in [0.15, 0.2) is 11.5 Å². The van der Waals surface area contributed by atoms with Crippen LogP contribution in [0.1, 0.15) is 18.4 Å². The minimum atomic E-state index is 0.215. The highest BCUT2D eigenvalue weighted by atomic mass is 79.9. The Labute approximate surface area is 124 Å². The van der Waals surface area contributed by atoms with Gasteiger partial charge in [-0.05, 0) is 49.6 Å². The van der Waals surface area contributed by atoms with Gasteiger partial charge in [-0.3, -0.25) is 0 Å². The predicted octanol–water partition coefficient (Wildman–Crippen LogP) is 4.45. The smallest absolute Gasteiger partial charge is 0.203 e. The molecule has 0 heterocycles. The maximum Gasteiger partial charge on any atom is 0.203 e. The number of hydrogen-bond acceptors (Lipinski definition) is 3. The van der Waals surface area contributed by atoms with Crippen LogP contribution in [-0.2, 0) is 0 Å². The second-order valence-electron chi connectivity index (χ2n) is 3.70. The fourth-order valence-electron chi connectivity index (χ4n) is 1.65. The van der Waals surface area contributed by atoms with Gasteiger partial charge in [-0.15, -0.1) is 0 Å². The molecule has 0 unspecified atom stereocenters. The maximum atomic E-state index is 5.33. The lowest BCUT2D eigenvalue weighted by Crippen LogP contribution is -1.98. The molecule has 1 aromatic carbocycles. The molecular weight excluding hydrogens is 364 g/mol. The summed E-state index contributed by atoms with van der Waals surface area (Å²) in [4.78, 5) is 0. The summed E-state index contributed by atoms with van der Waals surface area (Å²) < 4.78 is 16.9. The average molecular weight is 380 g/mol. The Hall–Kier alpha value is -0.680. The van der Waals surface area contributed by atoms with E-state index in [1.165, 1.54) is 0 Å². The minimum Gasteiger partial charge on any atom is -0.493 e. The van der Waals surface area contributed by atoms with E-state index in [0.717, 1.165) is 8.96 Å². The van der Waals surface area contributed by atoms with Gasteiger partial charge >= 0.3 is 0 Å². The molecule has 0 N–H and O–H groups in total. The molecule has 1 aromatic rings. The van der Waals surface area contributed by atoms with E-state index in [9.17, 15) is 0 Å². The van der Waals surface area contributed by atoms with Crippen LogP contribution in [0.5, 0.6) is 17.2 Å². The molecule has 5 heteroatoms. The summed E-state index contributed by atoms with van der Waals surface area (Å²) in [6.07, 6.45) is 2.04. The van der Waals surface area contributed by atoms with Crippen molar-refractivity contribution in [3.63, 3.8) is 0 Å². The highest BCUT2D eigenvalue weighted by Crippen LogP contribution is 2.40. The lowest BCUT2D eigenvalue weighted by molar-refractivity contribution is 0.323. The van der Waals surface area contributed by atoms with Gasteiger partial charge in [0.05, 0.1) is 24.7 Å². The van der Waals surface area contributed by atoms with Gasteiger partial charge in [-0.2, -0.15) is 0 Å². The zero-order chi connectivity index (χ0) is 13.7. The van der Waals surface area contributed by atoms with E-state index in [0.29, 0.717) is 17.2 Å². The summed E-state index contributed by atoms with van der Waals surface area (Å²) in [5, 5.41) is 0. The first-order valence-corrected chi connectivity index (χ1v) is 6.94. The van der Waals surface area contributed by atoms with Gasteiger partial charge in [0.1, 0.15) is 0 Å². The Morgan fingerprint density at radius 3 is 1.89 bits per heavy atom. The zero-order valence-electron chi connectivity index (χ0n) is 10.8. The molecule has 0 amide bonds. The van der Waals surface area contributed by atoms with Crippen molar-refractivity contribution < 1.29 is 14.2 Å². The van der Waals surface area contributed by atoms with Crippen molar-refractivity contribution in [3.8, 4) is 17.2 Å². The summed E-state index contributed by atoms with van der Waals surface area (Å²) in [5.41, 5.74) is 1.08. The van der Waals surface area contributed by atoms with Gasteiger partial charge in [0.2, 0.25) is 5.75 Å². The summed E-state index contributed by atoms with van der Waals surface area (Å²) in [6.45, 7) is 2.09. The highest BCUT2D eigenvalue weighted by Gasteiger charge is 2.15. The Balaban J connectivity index is 3.27. The number of allylic oxidation sites excluding steroid dienone is 1.